The Bertz CT molecular complexity index is 1400. The molecule has 3 heterocycles. The minimum absolute atomic E-state index is 0.208. The van der Waals surface area contributed by atoms with E-state index >= 15 is 0 Å². The number of rotatable bonds is 8. The van der Waals surface area contributed by atoms with Gasteiger partial charge in [-0.1, -0.05) is 18.2 Å². The lowest BCUT2D eigenvalue weighted by Gasteiger charge is -2.25. The van der Waals surface area contributed by atoms with Crippen LogP contribution >= 0.6 is 0 Å². The molecule has 1 aliphatic heterocycles. The summed E-state index contributed by atoms with van der Waals surface area (Å²) in [5, 5.41) is 16.7. The fourth-order valence-electron chi connectivity index (χ4n) is 4.45. The van der Waals surface area contributed by atoms with Gasteiger partial charge in [0.15, 0.2) is 0 Å². The SMILES string of the molecule is O=C(NCC(=O)N1CC[C@@H](O)C1C(=O)NCc1cc2cnccc2[nH]1)c1ccc(Oc2ccccc2)cc1. The highest BCUT2D eigenvalue weighted by atomic mass is 16.5. The van der Waals surface area contributed by atoms with E-state index < -0.39 is 29.9 Å². The molecule has 0 bridgehead atoms. The zero-order chi connectivity index (χ0) is 26.5. The van der Waals surface area contributed by atoms with Crippen LogP contribution in [0, 0.1) is 0 Å². The van der Waals surface area contributed by atoms with Gasteiger partial charge in [-0.2, -0.15) is 0 Å². The van der Waals surface area contributed by atoms with Crippen LogP contribution in [0.2, 0.25) is 0 Å². The Kier molecular flexibility index (Phi) is 7.32. The number of fused-ring (bicyclic) bond motifs is 1. The summed E-state index contributed by atoms with van der Waals surface area (Å²) in [6.07, 6.45) is 2.69. The number of aromatic nitrogens is 2. The average molecular weight is 514 g/mol. The highest BCUT2D eigenvalue weighted by Gasteiger charge is 2.40. The number of benzene rings is 2. The van der Waals surface area contributed by atoms with Crippen molar-refractivity contribution in [3.63, 3.8) is 0 Å². The molecule has 1 unspecified atom stereocenters. The molecule has 5 rings (SSSR count). The third-order valence-electron chi connectivity index (χ3n) is 6.38. The van der Waals surface area contributed by atoms with Gasteiger partial charge in [-0.15, -0.1) is 0 Å². The molecule has 0 saturated carbocycles. The van der Waals surface area contributed by atoms with Gasteiger partial charge < -0.3 is 30.4 Å². The van der Waals surface area contributed by atoms with Crippen LogP contribution in [0.25, 0.3) is 10.9 Å². The first-order valence-corrected chi connectivity index (χ1v) is 12.3. The van der Waals surface area contributed by atoms with Crippen LogP contribution in [-0.4, -0.2) is 62.9 Å². The van der Waals surface area contributed by atoms with Gasteiger partial charge in [0.25, 0.3) is 5.91 Å². The first kappa shape index (κ1) is 25.0. The van der Waals surface area contributed by atoms with Crippen molar-refractivity contribution in [3.8, 4) is 11.5 Å². The van der Waals surface area contributed by atoms with Crippen molar-refractivity contribution in [2.75, 3.05) is 13.1 Å². The lowest BCUT2D eigenvalue weighted by molar-refractivity contribution is -0.139. The highest BCUT2D eigenvalue weighted by Crippen LogP contribution is 2.22. The van der Waals surface area contributed by atoms with E-state index in [1.54, 1.807) is 36.7 Å². The number of carbonyl (C=O) groups excluding carboxylic acids is 3. The second-order valence-electron chi connectivity index (χ2n) is 8.99. The van der Waals surface area contributed by atoms with Gasteiger partial charge >= 0.3 is 0 Å². The molecule has 2 atom stereocenters. The number of carbonyl (C=O) groups is 3. The van der Waals surface area contributed by atoms with Crippen molar-refractivity contribution >= 4 is 28.6 Å². The maximum absolute atomic E-state index is 12.9. The van der Waals surface area contributed by atoms with E-state index in [0.29, 0.717) is 17.1 Å². The first-order valence-electron chi connectivity index (χ1n) is 12.3. The van der Waals surface area contributed by atoms with Gasteiger partial charge in [0.2, 0.25) is 11.8 Å². The maximum atomic E-state index is 12.9. The van der Waals surface area contributed by atoms with Crippen LogP contribution in [0.1, 0.15) is 22.5 Å². The average Bonchev–Trinajstić information content (AvgIpc) is 3.54. The van der Waals surface area contributed by atoms with Crippen LogP contribution in [-0.2, 0) is 16.1 Å². The van der Waals surface area contributed by atoms with E-state index in [9.17, 15) is 19.5 Å². The molecule has 2 aromatic carbocycles. The van der Waals surface area contributed by atoms with E-state index in [0.717, 1.165) is 16.6 Å². The lowest BCUT2D eigenvalue weighted by atomic mass is 10.1. The Morgan fingerprint density at radius 1 is 1.03 bits per heavy atom. The largest absolute Gasteiger partial charge is 0.457 e. The molecule has 194 valence electrons. The number of pyridine rings is 1. The van der Waals surface area contributed by atoms with Crippen molar-refractivity contribution < 1.29 is 24.2 Å². The number of ether oxygens (including phenoxy) is 1. The third-order valence-corrected chi connectivity index (χ3v) is 6.38. The van der Waals surface area contributed by atoms with Crippen LogP contribution in [0.15, 0.2) is 79.1 Å². The normalized spacial score (nSPS) is 16.8. The van der Waals surface area contributed by atoms with Crippen molar-refractivity contribution in [1.29, 1.82) is 0 Å². The molecule has 1 fully saturated rings. The van der Waals surface area contributed by atoms with Gasteiger partial charge in [-0.25, -0.2) is 0 Å². The summed E-state index contributed by atoms with van der Waals surface area (Å²) in [6, 6.07) is 18.5. The summed E-state index contributed by atoms with van der Waals surface area (Å²) in [5.41, 5.74) is 2.04. The summed E-state index contributed by atoms with van der Waals surface area (Å²) < 4.78 is 5.73. The van der Waals surface area contributed by atoms with Crippen molar-refractivity contribution in [1.82, 2.24) is 25.5 Å². The number of nitrogens with zero attached hydrogens (tertiary/aromatic N) is 2. The molecular formula is C28H27N5O5. The van der Waals surface area contributed by atoms with Crippen molar-refractivity contribution in [2.24, 2.45) is 0 Å². The highest BCUT2D eigenvalue weighted by molar-refractivity contribution is 5.97. The zero-order valence-electron chi connectivity index (χ0n) is 20.5. The number of amides is 3. The summed E-state index contributed by atoms with van der Waals surface area (Å²) >= 11 is 0. The summed E-state index contributed by atoms with van der Waals surface area (Å²) in [6.45, 7) is 0.129. The number of hydrogen-bond donors (Lipinski definition) is 4. The van der Waals surface area contributed by atoms with Crippen LogP contribution in [0.4, 0.5) is 0 Å². The molecule has 3 amide bonds. The number of H-pyrrole nitrogens is 1. The predicted molar refractivity (Wildman–Crippen MR) is 139 cm³/mol. The Morgan fingerprint density at radius 3 is 2.55 bits per heavy atom. The van der Waals surface area contributed by atoms with Gasteiger partial charge in [0, 0.05) is 41.1 Å². The van der Waals surface area contributed by atoms with Crippen LogP contribution in [0.5, 0.6) is 11.5 Å². The van der Waals surface area contributed by atoms with Gasteiger partial charge in [-0.05, 0) is 55.0 Å². The molecule has 10 nitrogen and oxygen atoms in total. The van der Waals surface area contributed by atoms with Crippen LogP contribution in [0.3, 0.4) is 0 Å². The number of aromatic amines is 1. The molecule has 0 spiro atoms. The van der Waals surface area contributed by atoms with Crippen molar-refractivity contribution in [2.45, 2.75) is 25.1 Å². The predicted octanol–water partition coefficient (Wildman–Crippen LogP) is 2.36. The molecule has 38 heavy (non-hydrogen) atoms. The number of hydrogen-bond acceptors (Lipinski definition) is 6. The molecule has 1 aliphatic rings. The Hall–Kier alpha value is -4.70. The zero-order valence-corrected chi connectivity index (χ0v) is 20.5. The molecular weight excluding hydrogens is 486 g/mol. The number of aliphatic hydroxyl groups excluding tert-OH is 1. The Labute approximate surface area is 218 Å². The van der Waals surface area contributed by atoms with Gasteiger partial charge in [0.1, 0.15) is 17.5 Å². The molecule has 2 aromatic heterocycles. The molecule has 4 aromatic rings. The standard InChI is InChI=1S/C28H27N5O5/c34-24-11-13-33(26(24)28(37)30-16-20-14-19-15-29-12-10-23(19)32-20)25(35)17-31-27(36)18-6-8-22(9-7-18)38-21-4-2-1-3-5-21/h1-10,12,14-15,24,26,32,34H,11,13,16-17H2,(H,30,37)(H,31,36)/t24-,26?/m1/s1. The topological polar surface area (TPSA) is 137 Å². The van der Waals surface area contributed by atoms with Crippen molar-refractivity contribution in [3.05, 3.63) is 90.4 Å². The summed E-state index contributed by atoms with van der Waals surface area (Å²) in [7, 11) is 0. The number of likely N-dealkylation sites (tertiary alicyclic amines) is 1. The van der Waals surface area contributed by atoms with Gasteiger partial charge in [0.05, 0.1) is 19.2 Å². The minimum Gasteiger partial charge on any atom is -0.457 e. The number of nitrogens with one attached hydrogen (secondary N) is 3. The second-order valence-corrected chi connectivity index (χ2v) is 8.99. The third kappa shape index (κ3) is 5.65. The van der Waals surface area contributed by atoms with Crippen LogP contribution < -0.4 is 15.4 Å². The van der Waals surface area contributed by atoms with E-state index in [1.165, 1.54) is 4.90 Å². The second kappa shape index (κ2) is 11.1. The fourth-order valence-corrected chi connectivity index (χ4v) is 4.45. The lowest BCUT2D eigenvalue weighted by Crippen LogP contribution is -2.52. The maximum Gasteiger partial charge on any atom is 0.251 e. The molecule has 1 saturated heterocycles. The minimum atomic E-state index is -1.03. The smallest absolute Gasteiger partial charge is 0.251 e. The molecule has 10 heteroatoms. The molecule has 0 aliphatic carbocycles. The summed E-state index contributed by atoms with van der Waals surface area (Å²) in [4.78, 5) is 46.9. The number of aliphatic hydroxyl groups is 1. The Balaban J connectivity index is 1.14. The quantitative estimate of drug-likeness (QED) is 0.286. The molecule has 4 N–H and O–H groups in total. The summed E-state index contributed by atoms with van der Waals surface area (Å²) in [5.74, 6) is -0.0805. The van der Waals surface area contributed by atoms with E-state index in [4.69, 9.17) is 4.74 Å². The fraction of sp³-hybridized carbons (Fsp3) is 0.214. The van der Waals surface area contributed by atoms with E-state index in [-0.39, 0.29) is 26.1 Å². The molecule has 0 radical (unpaired) electrons. The monoisotopic (exact) mass is 513 g/mol. The van der Waals surface area contributed by atoms with Gasteiger partial charge in [-0.3, -0.25) is 19.4 Å². The van der Waals surface area contributed by atoms with E-state index in [1.807, 2.05) is 42.5 Å². The Morgan fingerprint density at radius 2 is 1.79 bits per heavy atom. The van der Waals surface area contributed by atoms with E-state index in [2.05, 4.69) is 20.6 Å². The number of para-hydroxylation sites is 1. The first-order chi connectivity index (χ1) is 18.5.